The van der Waals surface area contributed by atoms with Gasteiger partial charge >= 0.3 is 0 Å². The number of aliphatic hydroxyl groups excluding tert-OH is 1. The van der Waals surface area contributed by atoms with Gasteiger partial charge in [0.15, 0.2) is 9.84 Å². The number of pyridine rings is 1. The molecule has 0 bridgehead atoms. The fourth-order valence-corrected chi connectivity index (χ4v) is 2.38. The molecule has 0 aliphatic rings. The van der Waals surface area contributed by atoms with Crippen molar-refractivity contribution < 1.29 is 17.9 Å². The summed E-state index contributed by atoms with van der Waals surface area (Å²) in [4.78, 5) is 3.68. The van der Waals surface area contributed by atoms with Crippen LogP contribution in [-0.2, 0) is 9.84 Å². The van der Waals surface area contributed by atoms with Crippen molar-refractivity contribution in [2.75, 3.05) is 6.26 Å². The van der Waals surface area contributed by atoms with Crippen LogP contribution in [0, 0.1) is 5.82 Å². The van der Waals surface area contributed by atoms with Gasteiger partial charge in [-0.15, -0.1) is 0 Å². The molecule has 6 heteroatoms. The number of sulfone groups is 1. The van der Waals surface area contributed by atoms with Gasteiger partial charge in [-0.25, -0.2) is 12.8 Å². The third-order valence-electron chi connectivity index (χ3n) is 2.70. The maximum absolute atomic E-state index is 13.5. The fourth-order valence-electron chi connectivity index (χ4n) is 1.70. The molecule has 0 fully saturated rings. The Bertz CT molecular complexity index is 701. The molecule has 1 unspecified atom stereocenters. The van der Waals surface area contributed by atoms with Gasteiger partial charge in [0.25, 0.3) is 0 Å². The maximum Gasteiger partial charge on any atom is 0.175 e. The molecule has 1 aromatic carbocycles. The lowest BCUT2D eigenvalue weighted by molar-refractivity contribution is 0.214. The van der Waals surface area contributed by atoms with Gasteiger partial charge in [0.2, 0.25) is 0 Å². The van der Waals surface area contributed by atoms with E-state index in [9.17, 15) is 17.9 Å². The minimum atomic E-state index is -3.37. The minimum Gasteiger partial charge on any atom is -0.384 e. The zero-order chi connectivity index (χ0) is 14.0. The van der Waals surface area contributed by atoms with Crippen molar-refractivity contribution in [2.24, 2.45) is 0 Å². The van der Waals surface area contributed by atoms with Crippen molar-refractivity contribution in [1.29, 1.82) is 0 Å². The molecule has 1 atom stereocenters. The normalized spacial score (nSPS) is 13.2. The number of benzene rings is 1. The lowest BCUT2D eigenvalue weighted by Gasteiger charge is -2.12. The molecule has 2 aromatic rings. The second-order valence-corrected chi connectivity index (χ2v) is 6.16. The summed E-state index contributed by atoms with van der Waals surface area (Å²) in [5, 5.41) is 10.1. The van der Waals surface area contributed by atoms with Crippen molar-refractivity contribution in [2.45, 2.75) is 11.0 Å². The van der Waals surface area contributed by atoms with E-state index in [4.69, 9.17) is 0 Å². The highest BCUT2D eigenvalue weighted by Gasteiger charge is 2.17. The molecule has 0 amide bonds. The average molecular weight is 281 g/mol. The van der Waals surface area contributed by atoms with Gasteiger partial charge in [-0.3, -0.25) is 4.98 Å². The molecular formula is C13H12FNO3S. The van der Waals surface area contributed by atoms with Crippen LogP contribution in [-0.4, -0.2) is 24.8 Å². The second-order valence-electron chi connectivity index (χ2n) is 4.14. The van der Waals surface area contributed by atoms with E-state index in [1.165, 1.54) is 30.5 Å². The quantitative estimate of drug-likeness (QED) is 0.930. The summed E-state index contributed by atoms with van der Waals surface area (Å²) in [6, 6.07) is 7.16. The highest BCUT2D eigenvalue weighted by Crippen LogP contribution is 2.25. The Morgan fingerprint density at radius 2 is 2.05 bits per heavy atom. The van der Waals surface area contributed by atoms with Crippen LogP contribution in [0.5, 0.6) is 0 Å². The molecule has 0 saturated heterocycles. The van der Waals surface area contributed by atoms with E-state index in [0.717, 1.165) is 12.5 Å². The first-order chi connectivity index (χ1) is 8.89. The summed E-state index contributed by atoms with van der Waals surface area (Å²) in [5.41, 5.74) is 0.369. The van der Waals surface area contributed by atoms with Crippen molar-refractivity contribution in [3.8, 4) is 0 Å². The van der Waals surface area contributed by atoms with Gasteiger partial charge in [-0.05, 0) is 23.8 Å². The number of rotatable bonds is 3. The second kappa shape index (κ2) is 5.07. The smallest absolute Gasteiger partial charge is 0.175 e. The summed E-state index contributed by atoms with van der Waals surface area (Å²) in [6.07, 6.45) is 2.21. The van der Waals surface area contributed by atoms with E-state index in [0.29, 0.717) is 5.56 Å². The average Bonchev–Trinajstić information content (AvgIpc) is 2.38. The molecule has 1 heterocycles. The number of hydrogen-bond acceptors (Lipinski definition) is 4. The SMILES string of the molecule is CS(=O)(=O)c1cccc(C(O)c2ccncc2F)c1. The summed E-state index contributed by atoms with van der Waals surface area (Å²) < 4.78 is 36.4. The van der Waals surface area contributed by atoms with E-state index in [2.05, 4.69) is 4.98 Å². The zero-order valence-corrected chi connectivity index (χ0v) is 10.9. The molecule has 0 radical (unpaired) electrons. The van der Waals surface area contributed by atoms with E-state index >= 15 is 0 Å². The standard InChI is InChI=1S/C13H12FNO3S/c1-19(17,18)10-4-2-3-9(7-10)13(16)11-5-6-15-8-12(11)14/h2-8,13,16H,1H3. The Morgan fingerprint density at radius 3 is 2.68 bits per heavy atom. The third-order valence-corrected chi connectivity index (χ3v) is 3.81. The Labute approximate surface area is 110 Å². The maximum atomic E-state index is 13.5. The molecule has 4 nitrogen and oxygen atoms in total. The summed E-state index contributed by atoms with van der Waals surface area (Å²) in [6.45, 7) is 0. The molecular weight excluding hydrogens is 269 g/mol. The molecule has 100 valence electrons. The lowest BCUT2D eigenvalue weighted by atomic mass is 10.0. The minimum absolute atomic E-state index is 0.0562. The Balaban J connectivity index is 2.46. The first-order valence-electron chi connectivity index (χ1n) is 5.47. The van der Waals surface area contributed by atoms with Crippen LogP contribution in [0.1, 0.15) is 17.2 Å². The Kier molecular flexibility index (Phi) is 3.64. The van der Waals surface area contributed by atoms with E-state index in [1.54, 1.807) is 6.07 Å². The fraction of sp³-hybridized carbons (Fsp3) is 0.154. The van der Waals surface area contributed by atoms with Gasteiger partial charge in [0.05, 0.1) is 11.1 Å². The van der Waals surface area contributed by atoms with Crippen molar-refractivity contribution in [3.63, 3.8) is 0 Å². The van der Waals surface area contributed by atoms with Crippen LogP contribution < -0.4 is 0 Å². The van der Waals surface area contributed by atoms with Crippen LogP contribution in [0.3, 0.4) is 0 Å². The largest absolute Gasteiger partial charge is 0.384 e. The number of aromatic nitrogens is 1. The monoisotopic (exact) mass is 281 g/mol. The predicted octanol–water partition coefficient (Wildman–Crippen LogP) is 1.71. The molecule has 0 aliphatic carbocycles. The van der Waals surface area contributed by atoms with Crippen LogP contribution in [0.25, 0.3) is 0 Å². The van der Waals surface area contributed by atoms with E-state index in [1.807, 2.05) is 0 Å². The molecule has 19 heavy (non-hydrogen) atoms. The third kappa shape index (κ3) is 2.97. The molecule has 1 aromatic heterocycles. The van der Waals surface area contributed by atoms with Crippen molar-refractivity contribution in [1.82, 2.24) is 4.98 Å². The zero-order valence-electron chi connectivity index (χ0n) is 10.1. The molecule has 0 spiro atoms. The summed E-state index contributed by atoms with van der Waals surface area (Å²) in [5.74, 6) is -0.639. The van der Waals surface area contributed by atoms with Gasteiger partial charge in [-0.2, -0.15) is 0 Å². The molecule has 2 rings (SSSR count). The first kappa shape index (κ1) is 13.6. The topological polar surface area (TPSA) is 67.3 Å². The highest BCUT2D eigenvalue weighted by atomic mass is 32.2. The van der Waals surface area contributed by atoms with Gasteiger partial charge in [0, 0.05) is 18.0 Å². The summed E-state index contributed by atoms with van der Waals surface area (Å²) >= 11 is 0. The number of aliphatic hydroxyl groups is 1. The highest BCUT2D eigenvalue weighted by molar-refractivity contribution is 7.90. The van der Waals surface area contributed by atoms with Gasteiger partial charge in [-0.1, -0.05) is 12.1 Å². The predicted molar refractivity (Wildman–Crippen MR) is 67.8 cm³/mol. The first-order valence-corrected chi connectivity index (χ1v) is 7.36. The van der Waals surface area contributed by atoms with E-state index in [-0.39, 0.29) is 10.5 Å². The molecule has 0 aliphatic heterocycles. The van der Waals surface area contributed by atoms with Crippen molar-refractivity contribution in [3.05, 3.63) is 59.7 Å². The van der Waals surface area contributed by atoms with Gasteiger partial charge < -0.3 is 5.11 Å². The Hall–Kier alpha value is -1.79. The molecule has 1 N–H and O–H groups in total. The van der Waals surface area contributed by atoms with Crippen LogP contribution in [0.15, 0.2) is 47.6 Å². The van der Waals surface area contributed by atoms with Crippen LogP contribution in [0.4, 0.5) is 4.39 Å². The van der Waals surface area contributed by atoms with Crippen LogP contribution in [0.2, 0.25) is 0 Å². The van der Waals surface area contributed by atoms with E-state index < -0.39 is 21.8 Å². The van der Waals surface area contributed by atoms with Crippen LogP contribution >= 0.6 is 0 Å². The number of halogens is 1. The number of hydrogen-bond donors (Lipinski definition) is 1. The lowest BCUT2D eigenvalue weighted by Crippen LogP contribution is -2.05. The summed E-state index contributed by atoms with van der Waals surface area (Å²) in [7, 11) is -3.37. The Morgan fingerprint density at radius 1 is 1.32 bits per heavy atom. The number of nitrogens with zero attached hydrogens (tertiary/aromatic N) is 1. The van der Waals surface area contributed by atoms with Crippen molar-refractivity contribution >= 4 is 9.84 Å². The van der Waals surface area contributed by atoms with Gasteiger partial charge in [0.1, 0.15) is 11.9 Å². The molecule has 0 saturated carbocycles.